The SMILES string of the molecule is CCNC(=NCC(C)CN1CCN(C)CC1)NCCc1c[nH]c2cc(C)ccc12.I. The molecule has 1 fully saturated rings. The number of guanidine groups is 1. The second-order valence-electron chi connectivity index (χ2n) is 8.47. The number of fused-ring (bicyclic) bond motifs is 1. The first-order valence-electron chi connectivity index (χ1n) is 11.0. The Morgan fingerprint density at radius 3 is 2.70 bits per heavy atom. The third-order valence-electron chi connectivity index (χ3n) is 5.68. The standard InChI is InChI=1S/C23H38N6.HI/c1-5-24-23(27-15-19(3)17-29-12-10-28(4)11-13-29)25-9-8-20-16-26-22-14-18(2)6-7-21(20)22;/h6-7,14,16,19,26H,5,8-13,15,17H2,1-4H3,(H2,24,25,27);1H. The molecule has 7 heteroatoms. The Kier molecular flexibility index (Phi) is 10.4. The quantitative estimate of drug-likeness (QED) is 0.281. The average Bonchev–Trinajstić information content (AvgIpc) is 3.10. The molecule has 1 aliphatic heterocycles. The Labute approximate surface area is 198 Å². The van der Waals surface area contributed by atoms with Gasteiger partial charge in [0.25, 0.3) is 0 Å². The van der Waals surface area contributed by atoms with Crippen LogP contribution in [0.2, 0.25) is 0 Å². The third kappa shape index (κ3) is 7.42. The molecular weight excluding hydrogens is 487 g/mol. The van der Waals surface area contributed by atoms with Crippen LogP contribution in [0.4, 0.5) is 0 Å². The van der Waals surface area contributed by atoms with Crippen LogP contribution in [0.5, 0.6) is 0 Å². The van der Waals surface area contributed by atoms with Crippen LogP contribution in [0.25, 0.3) is 10.9 Å². The molecule has 0 spiro atoms. The third-order valence-corrected chi connectivity index (χ3v) is 5.68. The maximum absolute atomic E-state index is 4.84. The molecule has 1 aromatic carbocycles. The van der Waals surface area contributed by atoms with Crippen molar-refractivity contribution in [1.82, 2.24) is 25.4 Å². The summed E-state index contributed by atoms with van der Waals surface area (Å²) in [5, 5.41) is 8.21. The number of rotatable bonds is 8. The van der Waals surface area contributed by atoms with Crippen molar-refractivity contribution in [3.05, 3.63) is 35.5 Å². The molecule has 1 saturated heterocycles. The van der Waals surface area contributed by atoms with Gasteiger partial charge < -0.3 is 25.4 Å². The van der Waals surface area contributed by atoms with Crippen molar-refractivity contribution in [2.45, 2.75) is 27.2 Å². The fraction of sp³-hybridized carbons (Fsp3) is 0.609. The minimum atomic E-state index is 0. The number of hydrogen-bond donors (Lipinski definition) is 3. The number of piperazine rings is 1. The number of aromatic amines is 1. The number of benzene rings is 1. The lowest BCUT2D eigenvalue weighted by Gasteiger charge is -2.33. The van der Waals surface area contributed by atoms with Gasteiger partial charge in [0, 0.05) is 69.5 Å². The van der Waals surface area contributed by atoms with Gasteiger partial charge in [-0.25, -0.2) is 0 Å². The first-order valence-corrected chi connectivity index (χ1v) is 11.0. The summed E-state index contributed by atoms with van der Waals surface area (Å²) < 4.78 is 0. The molecule has 1 atom stereocenters. The van der Waals surface area contributed by atoms with Crippen molar-refractivity contribution >= 4 is 40.8 Å². The molecule has 3 rings (SSSR count). The first-order chi connectivity index (χ1) is 14.0. The Morgan fingerprint density at radius 1 is 1.20 bits per heavy atom. The summed E-state index contributed by atoms with van der Waals surface area (Å²) in [6.07, 6.45) is 3.11. The lowest BCUT2D eigenvalue weighted by atomic mass is 10.1. The van der Waals surface area contributed by atoms with Crippen LogP contribution >= 0.6 is 24.0 Å². The van der Waals surface area contributed by atoms with Crippen LogP contribution in [0.3, 0.4) is 0 Å². The van der Waals surface area contributed by atoms with E-state index in [1.54, 1.807) is 0 Å². The van der Waals surface area contributed by atoms with E-state index in [-0.39, 0.29) is 24.0 Å². The fourth-order valence-corrected chi connectivity index (χ4v) is 3.94. The molecule has 6 nitrogen and oxygen atoms in total. The lowest BCUT2D eigenvalue weighted by molar-refractivity contribution is 0.140. The molecule has 1 unspecified atom stereocenters. The van der Waals surface area contributed by atoms with Gasteiger partial charge in [-0.05, 0) is 50.4 Å². The average molecular weight is 527 g/mol. The van der Waals surface area contributed by atoms with Gasteiger partial charge >= 0.3 is 0 Å². The zero-order chi connectivity index (χ0) is 20.6. The predicted octanol–water partition coefficient (Wildman–Crippen LogP) is 3.08. The summed E-state index contributed by atoms with van der Waals surface area (Å²) in [7, 11) is 2.21. The summed E-state index contributed by atoms with van der Waals surface area (Å²) in [4.78, 5) is 13.2. The van der Waals surface area contributed by atoms with Crippen LogP contribution in [0, 0.1) is 12.8 Å². The summed E-state index contributed by atoms with van der Waals surface area (Å²) in [5.74, 6) is 1.49. The van der Waals surface area contributed by atoms with Crippen molar-refractivity contribution < 1.29 is 0 Å². The van der Waals surface area contributed by atoms with Crippen molar-refractivity contribution in [3.63, 3.8) is 0 Å². The number of nitrogens with zero attached hydrogens (tertiary/aromatic N) is 3. The number of aliphatic imine (C=N–C) groups is 1. The van der Waals surface area contributed by atoms with E-state index in [0.29, 0.717) is 5.92 Å². The van der Waals surface area contributed by atoms with Crippen molar-refractivity contribution in [3.8, 4) is 0 Å². The van der Waals surface area contributed by atoms with E-state index < -0.39 is 0 Å². The highest BCUT2D eigenvalue weighted by Crippen LogP contribution is 2.19. The number of aryl methyl sites for hydroxylation is 1. The maximum Gasteiger partial charge on any atom is 0.191 e. The highest BCUT2D eigenvalue weighted by atomic mass is 127. The maximum atomic E-state index is 4.84. The minimum absolute atomic E-state index is 0. The predicted molar refractivity (Wildman–Crippen MR) is 139 cm³/mol. The number of H-pyrrole nitrogens is 1. The summed E-state index contributed by atoms with van der Waals surface area (Å²) in [5.41, 5.74) is 3.86. The Hall–Kier alpha value is -1.32. The van der Waals surface area contributed by atoms with E-state index >= 15 is 0 Å². The van der Waals surface area contributed by atoms with E-state index in [0.717, 1.165) is 38.6 Å². The van der Waals surface area contributed by atoms with Gasteiger partial charge in [0.05, 0.1) is 0 Å². The zero-order valence-electron chi connectivity index (χ0n) is 19.0. The molecular formula is C23H39IN6. The van der Waals surface area contributed by atoms with Gasteiger partial charge in [0.2, 0.25) is 0 Å². The van der Waals surface area contributed by atoms with E-state index in [1.807, 2.05) is 0 Å². The summed E-state index contributed by atoms with van der Waals surface area (Å²) in [6.45, 7) is 15.0. The number of halogens is 1. The molecule has 0 amide bonds. The van der Waals surface area contributed by atoms with Gasteiger partial charge in [0.15, 0.2) is 5.96 Å². The topological polar surface area (TPSA) is 58.7 Å². The molecule has 0 bridgehead atoms. The normalized spacial score (nSPS) is 17.0. The van der Waals surface area contributed by atoms with Gasteiger partial charge in [-0.2, -0.15) is 0 Å². The largest absolute Gasteiger partial charge is 0.361 e. The van der Waals surface area contributed by atoms with Crippen LogP contribution in [-0.2, 0) is 6.42 Å². The number of hydrogen-bond acceptors (Lipinski definition) is 3. The van der Waals surface area contributed by atoms with Gasteiger partial charge in [-0.1, -0.05) is 19.1 Å². The zero-order valence-corrected chi connectivity index (χ0v) is 21.3. The van der Waals surface area contributed by atoms with Crippen molar-refractivity contribution in [2.75, 3.05) is 59.4 Å². The van der Waals surface area contributed by atoms with Gasteiger partial charge in [0.1, 0.15) is 0 Å². The molecule has 1 aliphatic rings. The van der Waals surface area contributed by atoms with Crippen LogP contribution < -0.4 is 10.6 Å². The minimum Gasteiger partial charge on any atom is -0.361 e. The summed E-state index contributed by atoms with van der Waals surface area (Å²) >= 11 is 0. The number of likely N-dealkylation sites (N-methyl/N-ethyl adjacent to an activating group) is 1. The lowest BCUT2D eigenvalue weighted by Crippen LogP contribution is -2.46. The molecule has 0 radical (unpaired) electrons. The molecule has 30 heavy (non-hydrogen) atoms. The Morgan fingerprint density at radius 2 is 1.97 bits per heavy atom. The molecule has 2 aromatic rings. The van der Waals surface area contributed by atoms with Crippen LogP contribution in [0.1, 0.15) is 25.0 Å². The first kappa shape index (κ1) is 24.9. The smallest absolute Gasteiger partial charge is 0.191 e. The van der Waals surface area contributed by atoms with E-state index in [1.165, 1.54) is 48.2 Å². The second kappa shape index (κ2) is 12.5. The molecule has 2 heterocycles. The highest BCUT2D eigenvalue weighted by molar-refractivity contribution is 14.0. The fourth-order valence-electron chi connectivity index (χ4n) is 3.94. The van der Waals surface area contributed by atoms with Crippen LogP contribution in [-0.4, -0.2) is 80.1 Å². The second-order valence-corrected chi connectivity index (χ2v) is 8.47. The van der Waals surface area contributed by atoms with Crippen molar-refractivity contribution in [1.29, 1.82) is 0 Å². The highest BCUT2D eigenvalue weighted by Gasteiger charge is 2.16. The number of nitrogens with one attached hydrogen (secondary N) is 3. The Bertz CT molecular complexity index is 794. The van der Waals surface area contributed by atoms with Crippen LogP contribution in [0.15, 0.2) is 29.4 Å². The monoisotopic (exact) mass is 526 g/mol. The Balaban J connectivity index is 0.00000320. The molecule has 0 saturated carbocycles. The van der Waals surface area contributed by atoms with Crippen molar-refractivity contribution in [2.24, 2.45) is 10.9 Å². The molecule has 1 aromatic heterocycles. The number of aromatic nitrogens is 1. The van der Waals surface area contributed by atoms with Gasteiger partial charge in [-0.3, -0.25) is 4.99 Å². The van der Waals surface area contributed by atoms with E-state index in [9.17, 15) is 0 Å². The van der Waals surface area contributed by atoms with Gasteiger partial charge in [-0.15, -0.1) is 24.0 Å². The van der Waals surface area contributed by atoms with E-state index in [2.05, 4.69) is 77.6 Å². The van der Waals surface area contributed by atoms with E-state index in [4.69, 9.17) is 4.99 Å². The molecule has 0 aliphatic carbocycles. The molecule has 168 valence electrons. The summed E-state index contributed by atoms with van der Waals surface area (Å²) in [6, 6.07) is 6.61. The molecule has 3 N–H and O–H groups in total.